The molecule has 5 aromatic rings. The zero-order valence-electron chi connectivity index (χ0n) is 59.7. The molecule has 0 aliphatic carbocycles. The summed E-state index contributed by atoms with van der Waals surface area (Å²) < 4.78 is 0. The molecule has 0 fully saturated rings. The second kappa shape index (κ2) is 51.4. The lowest BCUT2D eigenvalue weighted by Gasteiger charge is -2.22. The van der Waals surface area contributed by atoms with Crippen LogP contribution in [0.25, 0.3) is 0 Å². The first kappa shape index (κ1) is 81.5. The Morgan fingerprint density at radius 3 is 0.887 bits per heavy atom. The number of carbonyl (C=O) groups is 5. The molecule has 0 aliphatic heterocycles. The molecule has 0 atom stereocenters. The Hall–Kier alpha value is -7.88. The number of carbonyl (C=O) groups excluding carboxylic acids is 5. The number of rotatable bonds is 51. The van der Waals surface area contributed by atoms with E-state index in [1.807, 2.05) is 194 Å². The molecule has 0 spiro atoms. The van der Waals surface area contributed by atoms with E-state index in [1.54, 1.807) is 0 Å². The third-order valence-corrected chi connectivity index (χ3v) is 16.1. The van der Waals surface area contributed by atoms with E-state index >= 15 is 0 Å². The van der Waals surface area contributed by atoms with Gasteiger partial charge in [-0.25, -0.2) is 0 Å². The van der Waals surface area contributed by atoms with E-state index in [4.69, 9.17) is 9.98 Å². The van der Waals surface area contributed by atoms with Gasteiger partial charge in [0.2, 0.25) is 0 Å². The van der Waals surface area contributed by atoms with Gasteiger partial charge in [0.1, 0.15) is 0 Å². The Kier molecular flexibility index (Phi) is 43.2. The monoisotopic (exact) mass is 1330 g/mol. The van der Waals surface area contributed by atoms with Crippen molar-refractivity contribution in [2.75, 3.05) is 165 Å². The summed E-state index contributed by atoms with van der Waals surface area (Å²) in [6.45, 7) is 26.6. The Balaban J connectivity index is 0.00000990. The van der Waals surface area contributed by atoms with Crippen molar-refractivity contribution >= 4 is 60.2 Å². The van der Waals surface area contributed by atoms with E-state index in [0.717, 1.165) is 163 Å². The van der Waals surface area contributed by atoms with Crippen molar-refractivity contribution in [3.63, 3.8) is 0 Å². The van der Waals surface area contributed by atoms with Gasteiger partial charge in [-0.15, -0.1) is 0 Å². The summed E-state index contributed by atoms with van der Waals surface area (Å²) in [7, 11) is 5.82. The lowest BCUT2D eigenvalue weighted by molar-refractivity contribution is 0.0938. The molecule has 0 bridgehead atoms. The minimum Gasteiger partial charge on any atom is -0.351 e. The number of nitrogens with zero attached hydrogens (tertiary/aromatic N) is 9. The molecule has 5 aromatic carbocycles. The van der Waals surface area contributed by atoms with E-state index in [0.29, 0.717) is 88.3 Å². The average Bonchev–Trinajstić information content (AvgIpc) is 1.66. The number of hydrogen-bond donors (Lipinski definition) is 5. The average molecular weight is 1330 g/mol. The summed E-state index contributed by atoms with van der Waals surface area (Å²) in [6, 6.07) is 37.9. The Bertz CT molecular complexity index is 3130. The molecule has 2 amide bonds. The smallest absolute Gasteiger partial charge is 0.251 e. The molecule has 0 saturated carbocycles. The SMILES string of the molecule is CC.CCCCN(CCCC(=O)c1ccc(C=NCCN(CCN=Cc2ccc(C(=O)CC)cc2)CCNC)cc1)CCNC(=O)c1ccc(C=NCCN(CCN=Cc2ccc(C(=O)NCCN(CCCC(=O)c3ccc(C=NCCC)cc3)CCNC)cc2)CCNC)cc1. The van der Waals surface area contributed by atoms with Gasteiger partial charge in [-0.05, 0) is 119 Å². The Morgan fingerprint density at radius 1 is 0.320 bits per heavy atom. The highest BCUT2D eigenvalue weighted by atomic mass is 16.2. The van der Waals surface area contributed by atoms with Crippen LogP contribution in [-0.4, -0.2) is 245 Å². The highest BCUT2D eigenvalue weighted by Gasteiger charge is 2.14. The van der Waals surface area contributed by atoms with Crippen molar-refractivity contribution in [1.29, 1.82) is 0 Å². The minimum absolute atomic E-state index is 0.119. The van der Waals surface area contributed by atoms with E-state index in [9.17, 15) is 24.0 Å². The van der Waals surface area contributed by atoms with Gasteiger partial charge in [0, 0.05) is 176 Å². The van der Waals surface area contributed by atoms with Crippen LogP contribution in [0.15, 0.2) is 146 Å². The second-order valence-corrected chi connectivity index (χ2v) is 23.7. The molecule has 0 unspecified atom stereocenters. The van der Waals surface area contributed by atoms with Crippen LogP contribution in [0.1, 0.15) is 166 Å². The maximum absolute atomic E-state index is 13.3. The topological polar surface area (TPSA) is 220 Å². The fourth-order valence-electron chi connectivity index (χ4n) is 10.3. The first-order valence-corrected chi connectivity index (χ1v) is 35.4. The van der Waals surface area contributed by atoms with Gasteiger partial charge in [0.15, 0.2) is 17.3 Å². The van der Waals surface area contributed by atoms with E-state index < -0.39 is 0 Å². The molecular weight excluding hydrogens is 1210 g/mol. The normalized spacial score (nSPS) is 11.8. The Morgan fingerprint density at radius 2 is 0.588 bits per heavy atom. The summed E-state index contributed by atoms with van der Waals surface area (Å²) in [4.78, 5) is 96.8. The van der Waals surface area contributed by atoms with Crippen LogP contribution in [0.3, 0.4) is 0 Å². The van der Waals surface area contributed by atoms with Gasteiger partial charge in [-0.1, -0.05) is 138 Å². The predicted octanol–water partition coefficient (Wildman–Crippen LogP) is 9.66. The summed E-state index contributed by atoms with van der Waals surface area (Å²) in [6.07, 6.45) is 15.3. The first-order valence-electron chi connectivity index (χ1n) is 35.4. The first-order chi connectivity index (χ1) is 47.4. The van der Waals surface area contributed by atoms with Crippen LogP contribution in [0.5, 0.6) is 0 Å². The highest BCUT2D eigenvalue weighted by molar-refractivity contribution is 5.99. The van der Waals surface area contributed by atoms with Crippen LogP contribution in [0.2, 0.25) is 0 Å². The van der Waals surface area contributed by atoms with E-state index in [1.165, 1.54) is 0 Å². The number of unbranched alkanes of at least 4 members (excludes halogenated alkanes) is 1. The fourth-order valence-corrected chi connectivity index (χ4v) is 10.3. The number of hydrogen-bond acceptors (Lipinski definition) is 17. The van der Waals surface area contributed by atoms with Crippen LogP contribution in [0.4, 0.5) is 0 Å². The third kappa shape index (κ3) is 34.8. The van der Waals surface area contributed by atoms with Gasteiger partial charge >= 0.3 is 0 Å². The van der Waals surface area contributed by atoms with Crippen molar-refractivity contribution in [2.24, 2.45) is 25.0 Å². The molecule has 0 heterocycles. The van der Waals surface area contributed by atoms with Crippen molar-refractivity contribution in [1.82, 2.24) is 46.2 Å². The summed E-state index contributed by atoms with van der Waals surface area (Å²) in [5.41, 5.74) is 8.11. The Labute approximate surface area is 580 Å². The standard InChI is InChI=1S/C76H108N14O5.C2H6/c1-7-10-45-87(46-11-13-73(92)69-29-19-64(20-30-69)59-82-40-52-89(49-37-78-5)51-39-81-58-63-15-25-67(26-16-63)72(91)9-3)55-43-85-75(94)70-31-21-65(22-32-70)60-83-41-53-90(50-38-79-6)54-42-84-61-66-23-33-71(34-24-66)76(95)86-44-56-88(48-36-77-4)47-12-14-74(93)68-27-17-62(18-28-68)57-80-35-8-2;1-2/h15-34,57-61,77-79H,7-14,35-56H2,1-6H3,(H,85,94)(H,86,95);1-2H3. The molecule has 19 heteroatoms. The summed E-state index contributed by atoms with van der Waals surface area (Å²) in [5.74, 6) is 0.147. The molecule has 97 heavy (non-hydrogen) atoms. The zero-order chi connectivity index (χ0) is 69.9. The van der Waals surface area contributed by atoms with Crippen LogP contribution in [0, 0.1) is 0 Å². The van der Waals surface area contributed by atoms with Gasteiger partial charge in [0.05, 0.1) is 26.2 Å². The number of ketones is 3. The van der Waals surface area contributed by atoms with E-state index in [2.05, 4.69) is 75.0 Å². The number of nitrogens with one attached hydrogen (secondary N) is 5. The molecule has 5 N–H and O–H groups in total. The van der Waals surface area contributed by atoms with Gasteiger partial charge < -0.3 is 36.4 Å². The number of aliphatic imine (C=N–C) groups is 5. The van der Waals surface area contributed by atoms with Gasteiger partial charge in [-0.2, -0.15) is 0 Å². The maximum atomic E-state index is 13.3. The molecule has 0 aromatic heterocycles. The zero-order valence-corrected chi connectivity index (χ0v) is 59.7. The van der Waals surface area contributed by atoms with Crippen molar-refractivity contribution in [2.45, 2.75) is 86.0 Å². The van der Waals surface area contributed by atoms with Crippen LogP contribution >= 0.6 is 0 Å². The molecule has 526 valence electrons. The van der Waals surface area contributed by atoms with Crippen molar-refractivity contribution < 1.29 is 24.0 Å². The third-order valence-electron chi connectivity index (χ3n) is 16.1. The van der Waals surface area contributed by atoms with Gasteiger partial charge in [0.25, 0.3) is 11.8 Å². The number of amides is 2. The minimum atomic E-state index is -0.124. The largest absolute Gasteiger partial charge is 0.351 e. The molecule has 0 saturated heterocycles. The lowest BCUT2D eigenvalue weighted by atomic mass is 10.0. The van der Waals surface area contributed by atoms with Crippen LogP contribution < -0.4 is 26.6 Å². The number of Topliss-reactive ketones (excluding diaryl/α,β-unsaturated/α-hetero) is 3. The predicted molar refractivity (Wildman–Crippen MR) is 405 cm³/mol. The number of likely N-dealkylation sites (N-methyl/N-ethyl adjacent to an activating group) is 3. The fraction of sp³-hybridized carbons (Fsp3) is 0.487. The molecule has 19 nitrogen and oxygen atoms in total. The second-order valence-electron chi connectivity index (χ2n) is 23.7. The molecule has 0 aliphatic rings. The quantitative estimate of drug-likeness (QED) is 0.0182. The van der Waals surface area contributed by atoms with Crippen LogP contribution in [-0.2, 0) is 0 Å². The molecule has 0 radical (unpaired) electrons. The number of benzene rings is 5. The highest BCUT2D eigenvalue weighted by Crippen LogP contribution is 2.13. The van der Waals surface area contributed by atoms with E-state index in [-0.39, 0.29) is 29.2 Å². The van der Waals surface area contributed by atoms with Crippen molar-refractivity contribution in [3.8, 4) is 0 Å². The molecular formula is C78H114N14O5. The molecule has 5 rings (SSSR count). The lowest BCUT2D eigenvalue weighted by Crippen LogP contribution is -2.38. The van der Waals surface area contributed by atoms with Crippen molar-refractivity contribution in [3.05, 3.63) is 177 Å². The summed E-state index contributed by atoms with van der Waals surface area (Å²) in [5, 5.41) is 15.8. The van der Waals surface area contributed by atoms with Gasteiger partial charge in [-0.3, -0.25) is 58.7 Å². The maximum Gasteiger partial charge on any atom is 0.251 e. The summed E-state index contributed by atoms with van der Waals surface area (Å²) >= 11 is 0.